The Morgan fingerprint density at radius 2 is 1.14 bits per heavy atom. The highest BCUT2D eigenvalue weighted by Crippen LogP contribution is 2.46. The molecule has 0 spiro atoms. The summed E-state index contributed by atoms with van der Waals surface area (Å²) in [5.41, 5.74) is 11.5. The van der Waals surface area contributed by atoms with E-state index in [1.54, 1.807) is 13.8 Å². The summed E-state index contributed by atoms with van der Waals surface area (Å²) >= 11 is 15.4. The van der Waals surface area contributed by atoms with E-state index in [2.05, 4.69) is 73.7 Å². The van der Waals surface area contributed by atoms with Gasteiger partial charge in [0.05, 0.1) is 89.2 Å². The van der Waals surface area contributed by atoms with Crippen LogP contribution in [0.5, 0.6) is 0 Å². The lowest BCUT2D eigenvalue weighted by Crippen LogP contribution is -2.03. The fourth-order valence-electron chi connectivity index (χ4n) is 6.74. The maximum Gasteiger partial charge on any atom is 0.305 e. The number of hydrogen-bond acceptors (Lipinski definition) is 8. The van der Waals surface area contributed by atoms with Crippen molar-refractivity contribution in [1.29, 1.82) is 0 Å². The average molecular weight is 942 g/mol. The molecule has 0 amide bonds. The van der Waals surface area contributed by atoms with E-state index in [1.165, 1.54) is 14.2 Å². The van der Waals surface area contributed by atoms with Gasteiger partial charge < -0.3 is 29.7 Å². The van der Waals surface area contributed by atoms with Crippen molar-refractivity contribution >= 4 is 120 Å². The summed E-state index contributed by atoms with van der Waals surface area (Å²) < 4.78 is 12.5. The number of halogens is 4. The second-order valence-electron chi connectivity index (χ2n) is 12.4. The molecule has 5 rings (SSSR count). The fraction of sp³-hybridized carbons (Fsp3) is 0.389. The molecule has 2 atom stereocenters. The molecule has 3 aromatic heterocycles. The number of aliphatic hydroxyl groups excluding tert-OH is 2. The van der Waals surface area contributed by atoms with Gasteiger partial charge in [-0.25, -0.2) is 9.97 Å². The molecule has 0 saturated carbocycles. The second-order valence-corrected chi connectivity index (χ2v) is 15.6. The molecule has 0 aromatic carbocycles. The minimum Gasteiger partial charge on any atom is -0.469 e. The van der Waals surface area contributed by atoms with E-state index in [1.807, 2.05) is 27.7 Å². The molecule has 266 valence electrons. The Hall–Kier alpha value is -2.62. The van der Waals surface area contributed by atoms with Crippen molar-refractivity contribution in [2.75, 3.05) is 14.2 Å². The number of nitrogens with one attached hydrogen (secondary N) is 2. The molecule has 50 heavy (non-hydrogen) atoms. The maximum absolute atomic E-state index is 12.4. The van der Waals surface area contributed by atoms with Crippen LogP contribution in [0.1, 0.15) is 98.1 Å². The number of aliphatic hydroxyl groups is 2. The third-order valence-corrected chi connectivity index (χ3v) is 12.5. The lowest BCUT2D eigenvalue weighted by Gasteiger charge is -2.09. The van der Waals surface area contributed by atoms with Crippen molar-refractivity contribution in [3.05, 3.63) is 62.9 Å². The third-order valence-electron chi connectivity index (χ3n) is 9.39. The molecule has 14 heteroatoms. The van der Waals surface area contributed by atoms with Crippen LogP contribution in [-0.2, 0) is 25.5 Å². The van der Waals surface area contributed by atoms with Gasteiger partial charge in [0.2, 0.25) is 0 Å². The van der Waals surface area contributed by atoms with Gasteiger partial charge in [0.1, 0.15) is 0 Å². The lowest BCUT2D eigenvalue weighted by molar-refractivity contribution is -0.141. The van der Waals surface area contributed by atoms with E-state index in [0.29, 0.717) is 81.2 Å². The summed E-state index contributed by atoms with van der Waals surface area (Å²) in [6, 6.07) is 0. The number of allylic oxidation sites excluding steroid dienone is 3. The molecule has 0 radical (unpaired) electrons. The topological polar surface area (TPSA) is 150 Å². The van der Waals surface area contributed by atoms with Crippen molar-refractivity contribution in [1.82, 2.24) is 19.9 Å². The van der Waals surface area contributed by atoms with Crippen LogP contribution in [0.3, 0.4) is 0 Å². The fourth-order valence-corrected chi connectivity index (χ4v) is 9.59. The second kappa shape index (κ2) is 15.2. The molecule has 4 N–H and O–H groups in total. The largest absolute Gasteiger partial charge is 0.469 e. The van der Waals surface area contributed by atoms with Crippen molar-refractivity contribution in [2.45, 2.75) is 79.4 Å². The molecule has 2 aliphatic heterocycles. The van der Waals surface area contributed by atoms with Crippen LogP contribution >= 0.6 is 63.7 Å². The van der Waals surface area contributed by atoms with Gasteiger partial charge in [0.15, 0.2) is 0 Å². The van der Waals surface area contributed by atoms with Gasteiger partial charge in [-0.05, 0) is 152 Å². The Morgan fingerprint density at radius 3 is 1.72 bits per heavy atom. The number of aromatic nitrogens is 4. The molecule has 8 bridgehead atoms. The molecular weight excluding hydrogens is 904 g/mol. The zero-order chi connectivity index (χ0) is 36.9. The first-order chi connectivity index (χ1) is 23.5. The van der Waals surface area contributed by atoms with Crippen molar-refractivity contribution in [2.24, 2.45) is 0 Å². The number of esters is 2. The standard InChI is InChI=1S/C36H38Br4N4O6/c1-13-19(9-11-21(47)49-7)33-28(40)34-20(10-12-22(48)50-8)14(2)30(42-34)26(38)35-24(18(6)46)16(4)32(44-35)27(39)36-23(17(5)45)15(3)31(43-36)25(37)29(13)41-33/h17-18,41,44-46H,9-12H2,1-8H3. The molecular formula is C36H38Br4N4O6. The van der Waals surface area contributed by atoms with Crippen LogP contribution in [0.2, 0.25) is 0 Å². The number of hydrogen-bond donors (Lipinski definition) is 4. The van der Waals surface area contributed by atoms with Crippen molar-refractivity contribution < 1.29 is 29.3 Å². The minimum absolute atomic E-state index is 0.138. The van der Waals surface area contributed by atoms with Crippen LogP contribution in [0, 0.1) is 13.8 Å². The zero-order valence-corrected chi connectivity index (χ0v) is 35.3. The zero-order valence-electron chi connectivity index (χ0n) is 28.9. The monoisotopic (exact) mass is 938 g/mol. The first kappa shape index (κ1) is 38.6. The molecule has 2 unspecified atom stereocenters. The highest BCUT2D eigenvalue weighted by Gasteiger charge is 2.30. The van der Waals surface area contributed by atoms with Crippen molar-refractivity contribution in [3.63, 3.8) is 0 Å². The number of carbonyl (C=O) groups excluding carboxylic acids is 2. The van der Waals surface area contributed by atoms with Crippen LogP contribution in [0.4, 0.5) is 0 Å². The molecule has 0 fully saturated rings. The summed E-state index contributed by atoms with van der Waals surface area (Å²) in [5.74, 6) is -0.687. The van der Waals surface area contributed by atoms with Crippen LogP contribution in [-0.4, -0.2) is 62.4 Å². The summed E-state index contributed by atoms with van der Waals surface area (Å²) in [5, 5.41) is 22.2. The van der Waals surface area contributed by atoms with E-state index >= 15 is 0 Å². The molecule has 2 aliphatic rings. The van der Waals surface area contributed by atoms with E-state index in [0.717, 1.165) is 38.9 Å². The number of methoxy groups -OCH3 is 2. The van der Waals surface area contributed by atoms with Crippen LogP contribution in [0.25, 0.3) is 44.4 Å². The van der Waals surface area contributed by atoms with E-state index < -0.39 is 12.2 Å². The number of aryl methyl sites for hydroxylation is 3. The van der Waals surface area contributed by atoms with Gasteiger partial charge in [-0.1, -0.05) is 0 Å². The predicted octanol–water partition coefficient (Wildman–Crippen LogP) is 9.34. The molecule has 0 saturated heterocycles. The summed E-state index contributed by atoms with van der Waals surface area (Å²) in [4.78, 5) is 42.1. The predicted molar refractivity (Wildman–Crippen MR) is 210 cm³/mol. The molecule has 10 nitrogen and oxygen atoms in total. The average Bonchev–Trinajstić information content (AvgIpc) is 3.80. The van der Waals surface area contributed by atoms with E-state index in [-0.39, 0.29) is 24.8 Å². The number of nitrogens with zero attached hydrogens (tertiary/aromatic N) is 2. The molecule has 3 aromatic rings. The van der Waals surface area contributed by atoms with Crippen LogP contribution < -0.4 is 0 Å². The lowest BCUT2D eigenvalue weighted by atomic mass is 9.99. The smallest absolute Gasteiger partial charge is 0.305 e. The number of H-pyrrole nitrogens is 2. The summed E-state index contributed by atoms with van der Waals surface area (Å²) in [6.07, 6.45) is -0.680. The van der Waals surface area contributed by atoms with Gasteiger partial charge in [-0.2, -0.15) is 0 Å². The Labute approximate surface area is 323 Å². The summed E-state index contributed by atoms with van der Waals surface area (Å²) in [6.45, 7) is 11.2. The SMILES string of the molecule is COC(=O)CCC1=C(C)c2nc1c(Br)c1[nH]c(c(C)c1CCC(=O)OC)c(Br)c1nc(c(Br)c3[nH]c(c2Br)c(C(C)O)c3C)C(C(C)O)=C1C. The Kier molecular flexibility index (Phi) is 11.7. The van der Waals surface area contributed by atoms with Gasteiger partial charge in [-0.3, -0.25) is 9.59 Å². The number of rotatable bonds is 8. The van der Waals surface area contributed by atoms with Gasteiger partial charge >= 0.3 is 11.9 Å². The van der Waals surface area contributed by atoms with Crippen molar-refractivity contribution in [3.8, 4) is 0 Å². The van der Waals surface area contributed by atoms with Crippen LogP contribution in [0.15, 0.2) is 17.9 Å². The van der Waals surface area contributed by atoms with E-state index in [4.69, 9.17) is 19.4 Å². The highest BCUT2D eigenvalue weighted by molar-refractivity contribution is 9.11. The maximum atomic E-state index is 12.4. The Bertz CT molecular complexity index is 2180. The first-order valence-electron chi connectivity index (χ1n) is 15.9. The number of aromatic amines is 2. The third kappa shape index (κ3) is 6.71. The van der Waals surface area contributed by atoms with Gasteiger partial charge in [0.25, 0.3) is 0 Å². The first-order valence-corrected chi connectivity index (χ1v) is 19.1. The number of fused-ring (bicyclic) bond motifs is 8. The van der Waals surface area contributed by atoms with E-state index in [9.17, 15) is 19.8 Å². The number of carbonyl (C=O) groups is 2. The number of ether oxygens (including phenoxy) is 2. The van der Waals surface area contributed by atoms with Gasteiger partial charge in [0, 0.05) is 24.0 Å². The molecule has 5 heterocycles. The normalized spacial score (nSPS) is 14.4. The quantitative estimate of drug-likeness (QED) is 0.163. The Balaban J connectivity index is 2.08. The van der Waals surface area contributed by atoms with Gasteiger partial charge in [-0.15, -0.1) is 0 Å². The summed E-state index contributed by atoms with van der Waals surface area (Å²) in [7, 11) is 2.73. The minimum atomic E-state index is -0.849. The Morgan fingerprint density at radius 1 is 0.660 bits per heavy atom. The molecule has 0 aliphatic carbocycles. The highest BCUT2D eigenvalue weighted by atomic mass is 79.9.